The average Bonchev–Trinajstić information content (AvgIpc) is 3.09. The van der Waals surface area contributed by atoms with E-state index < -0.39 is 0 Å². The topological polar surface area (TPSA) is 6.48 Å². The van der Waals surface area contributed by atoms with E-state index in [0.717, 1.165) is 0 Å². The summed E-state index contributed by atoms with van der Waals surface area (Å²) in [6.07, 6.45) is 4.80. The maximum atomic E-state index is 2.71. The van der Waals surface area contributed by atoms with E-state index in [4.69, 9.17) is 0 Å². The van der Waals surface area contributed by atoms with Crippen LogP contribution >= 0.6 is 0 Å². The van der Waals surface area contributed by atoms with E-state index in [2.05, 4.69) is 169 Å². The molecule has 2 aliphatic heterocycles. The van der Waals surface area contributed by atoms with Crippen LogP contribution in [-0.4, -0.2) is 6.85 Å². The van der Waals surface area contributed by atoms with Gasteiger partial charge in [-0.05, 0) is 147 Å². The fraction of sp³-hybridized carbons (Fsp3) is 0.362. The van der Waals surface area contributed by atoms with Crippen molar-refractivity contribution in [3.63, 3.8) is 0 Å². The molecule has 0 saturated heterocycles. The summed E-state index contributed by atoms with van der Waals surface area (Å²) in [5.74, 6) is 0. The molecule has 0 aromatic heterocycles. The Bertz CT molecular complexity index is 2190. The predicted molar refractivity (Wildman–Crippen MR) is 215 cm³/mol. The van der Waals surface area contributed by atoms with E-state index in [0.29, 0.717) is 0 Å². The van der Waals surface area contributed by atoms with E-state index in [1.165, 1.54) is 104 Å². The van der Waals surface area contributed by atoms with Gasteiger partial charge in [0.1, 0.15) is 0 Å². The third-order valence-corrected chi connectivity index (χ3v) is 13.2. The highest BCUT2D eigenvalue weighted by atomic mass is 15.2. The molecule has 4 aliphatic rings. The fourth-order valence-corrected chi connectivity index (χ4v) is 9.95. The van der Waals surface area contributed by atoms with Gasteiger partial charge < -0.3 is 9.71 Å². The van der Waals surface area contributed by atoms with Gasteiger partial charge in [-0.25, -0.2) is 0 Å². The predicted octanol–water partition coefficient (Wildman–Crippen LogP) is 11.4. The molecule has 5 aromatic rings. The van der Waals surface area contributed by atoms with Gasteiger partial charge >= 0.3 is 6.85 Å². The second-order valence-electron chi connectivity index (χ2n) is 18.4. The van der Waals surface area contributed by atoms with Gasteiger partial charge in [-0.1, -0.05) is 104 Å². The molecule has 0 fully saturated rings. The smallest absolute Gasteiger partial charge is 0.333 e. The Morgan fingerprint density at radius 3 is 1.52 bits per heavy atom. The molecule has 0 amide bonds. The minimum absolute atomic E-state index is 0.0364. The molecule has 2 nitrogen and oxygen atoms in total. The van der Waals surface area contributed by atoms with E-state index in [1.54, 1.807) is 0 Å². The van der Waals surface area contributed by atoms with Gasteiger partial charge in [0, 0.05) is 34.0 Å². The monoisotopic (exact) mass is 654 g/mol. The third kappa shape index (κ3) is 4.47. The first-order chi connectivity index (χ1) is 23.7. The van der Waals surface area contributed by atoms with E-state index in [9.17, 15) is 0 Å². The Hall–Kier alpha value is -4.24. The molecule has 0 bridgehead atoms. The Balaban J connectivity index is 1.44. The Morgan fingerprint density at radius 2 is 0.960 bits per heavy atom. The number of nitrogens with zero attached hydrogens (tertiary/aromatic N) is 2. The zero-order chi connectivity index (χ0) is 35.0. The molecule has 0 radical (unpaired) electrons. The molecule has 0 N–H and O–H groups in total. The molecule has 2 heterocycles. The summed E-state index contributed by atoms with van der Waals surface area (Å²) in [5, 5.41) is 0. The quantitative estimate of drug-likeness (QED) is 0.175. The lowest BCUT2D eigenvalue weighted by Crippen LogP contribution is -2.62. The summed E-state index contributed by atoms with van der Waals surface area (Å²) in [6, 6.07) is 37.7. The summed E-state index contributed by atoms with van der Waals surface area (Å²) in [6.45, 7) is 22.0. The Kier molecular flexibility index (Phi) is 6.60. The first kappa shape index (κ1) is 31.7. The minimum atomic E-state index is 0.0364. The average molecular weight is 655 g/mol. The maximum absolute atomic E-state index is 2.71. The Labute approximate surface area is 300 Å². The summed E-state index contributed by atoms with van der Waals surface area (Å²) < 4.78 is 0. The molecule has 0 saturated carbocycles. The lowest BCUT2D eigenvalue weighted by Gasteiger charge is -2.49. The van der Waals surface area contributed by atoms with Gasteiger partial charge in [-0.15, -0.1) is 0 Å². The van der Waals surface area contributed by atoms with Crippen molar-refractivity contribution >= 4 is 46.2 Å². The first-order valence-electron chi connectivity index (χ1n) is 18.9. The normalized spacial score (nSPS) is 19.9. The van der Waals surface area contributed by atoms with E-state index in [-0.39, 0.29) is 28.5 Å². The summed E-state index contributed by atoms with van der Waals surface area (Å²) in [5.41, 5.74) is 19.8. The van der Waals surface area contributed by atoms with Crippen molar-refractivity contribution in [2.75, 3.05) is 9.71 Å². The lowest BCUT2D eigenvalue weighted by atomic mass is 9.42. The zero-order valence-electron chi connectivity index (χ0n) is 31.5. The van der Waals surface area contributed by atoms with Crippen molar-refractivity contribution in [2.45, 2.75) is 110 Å². The molecule has 2 aliphatic carbocycles. The Morgan fingerprint density at radius 1 is 0.480 bits per heavy atom. The SMILES string of the molecule is Cc1cc2c3c(c1)N(c1ccccc1)c1cc4c(cc1B3N(c1ccccc1)c1cc3c(cc1-2)C(C)(C)CCC3(C)C)C(C)(C)CCC4(C)C. The second-order valence-corrected chi connectivity index (χ2v) is 18.4. The van der Waals surface area contributed by atoms with Crippen LogP contribution in [0.3, 0.4) is 0 Å². The number of para-hydroxylation sites is 2. The van der Waals surface area contributed by atoms with Gasteiger partial charge in [-0.3, -0.25) is 0 Å². The van der Waals surface area contributed by atoms with Crippen molar-refractivity contribution in [3.05, 3.63) is 125 Å². The van der Waals surface area contributed by atoms with Gasteiger partial charge in [0.05, 0.1) is 0 Å². The van der Waals surface area contributed by atoms with Crippen molar-refractivity contribution in [1.82, 2.24) is 0 Å². The van der Waals surface area contributed by atoms with Crippen LogP contribution in [0.5, 0.6) is 0 Å². The highest BCUT2D eigenvalue weighted by Gasteiger charge is 2.49. The molecule has 5 aromatic carbocycles. The lowest BCUT2D eigenvalue weighted by molar-refractivity contribution is 0.332. The number of benzene rings is 5. The minimum Gasteiger partial charge on any atom is -0.376 e. The van der Waals surface area contributed by atoms with Crippen molar-refractivity contribution < 1.29 is 0 Å². The largest absolute Gasteiger partial charge is 0.376 e. The standard InChI is InChI=1S/C47H51BN2/c1-30-24-34-33-26-35-37(46(6,7)22-20-44(35,2)3)28-40(33)50(32-18-14-11-15-19-32)48-39-27-36-38(47(8,9)23-21-45(36,4)5)29-41(39)49(42(25-30)43(34)48)31-16-12-10-13-17-31/h10-19,24-29H,20-23H2,1-9H3. The van der Waals surface area contributed by atoms with Crippen molar-refractivity contribution in [3.8, 4) is 11.1 Å². The molecule has 0 atom stereocenters. The molecule has 252 valence electrons. The number of hydrogen-bond donors (Lipinski definition) is 0. The number of fused-ring (bicyclic) bond motifs is 6. The number of rotatable bonds is 2. The highest BCUT2D eigenvalue weighted by molar-refractivity contribution is 6.93. The number of hydrogen-bond acceptors (Lipinski definition) is 2. The highest BCUT2D eigenvalue weighted by Crippen LogP contribution is 2.54. The van der Waals surface area contributed by atoms with Crippen LogP contribution in [0.1, 0.15) is 109 Å². The van der Waals surface area contributed by atoms with Crippen LogP contribution in [0.25, 0.3) is 11.1 Å². The number of aryl methyl sites for hydroxylation is 1. The molecule has 0 unspecified atom stereocenters. The first-order valence-corrected chi connectivity index (χ1v) is 18.9. The fourth-order valence-electron chi connectivity index (χ4n) is 9.95. The van der Waals surface area contributed by atoms with Crippen LogP contribution in [0.4, 0.5) is 28.4 Å². The zero-order valence-corrected chi connectivity index (χ0v) is 31.5. The molecule has 0 spiro atoms. The van der Waals surface area contributed by atoms with Gasteiger partial charge in [-0.2, -0.15) is 0 Å². The van der Waals surface area contributed by atoms with Crippen LogP contribution in [-0.2, 0) is 21.7 Å². The number of anilines is 5. The molecular weight excluding hydrogens is 603 g/mol. The van der Waals surface area contributed by atoms with Crippen LogP contribution in [0.2, 0.25) is 0 Å². The summed E-state index contributed by atoms with van der Waals surface area (Å²) >= 11 is 0. The maximum Gasteiger partial charge on any atom is 0.333 e. The van der Waals surface area contributed by atoms with E-state index >= 15 is 0 Å². The van der Waals surface area contributed by atoms with Gasteiger partial charge in [0.25, 0.3) is 0 Å². The van der Waals surface area contributed by atoms with Crippen LogP contribution in [0, 0.1) is 6.92 Å². The third-order valence-electron chi connectivity index (χ3n) is 13.2. The van der Waals surface area contributed by atoms with Crippen LogP contribution in [0.15, 0.2) is 97.1 Å². The van der Waals surface area contributed by atoms with Crippen molar-refractivity contribution in [2.24, 2.45) is 0 Å². The molecular formula is C47H51BN2. The molecule has 9 rings (SSSR count). The van der Waals surface area contributed by atoms with Gasteiger partial charge in [0.2, 0.25) is 0 Å². The summed E-state index contributed by atoms with van der Waals surface area (Å²) in [4.78, 5) is 5.30. The van der Waals surface area contributed by atoms with Crippen LogP contribution < -0.4 is 20.6 Å². The molecule has 3 heteroatoms. The van der Waals surface area contributed by atoms with Gasteiger partial charge in [0.15, 0.2) is 0 Å². The van der Waals surface area contributed by atoms with E-state index in [1.807, 2.05) is 0 Å². The second kappa shape index (κ2) is 10.4. The van der Waals surface area contributed by atoms with Crippen molar-refractivity contribution in [1.29, 1.82) is 0 Å². The summed E-state index contributed by atoms with van der Waals surface area (Å²) in [7, 11) is 0. The molecule has 50 heavy (non-hydrogen) atoms.